The molecule has 1 aromatic carbocycles. The van der Waals surface area contributed by atoms with Crippen molar-refractivity contribution in [2.45, 2.75) is 39.4 Å². The van der Waals surface area contributed by atoms with Crippen molar-refractivity contribution < 1.29 is 14.6 Å². The number of hydrogen-bond acceptors (Lipinski definition) is 3. The van der Waals surface area contributed by atoms with E-state index < -0.39 is 0 Å². The zero-order chi connectivity index (χ0) is 15.0. The summed E-state index contributed by atoms with van der Waals surface area (Å²) in [6.07, 6.45) is 3.00. The van der Waals surface area contributed by atoms with Gasteiger partial charge in [0.25, 0.3) is 0 Å². The summed E-state index contributed by atoms with van der Waals surface area (Å²) in [5.74, 6) is 0.850. The fourth-order valence-corrected chi connectivity index (χ4v) is 1.80. The molecule has 0 aliphatic rings. The first-order valence-electron chi connectivity index (χ1n) is 7.02. The fourth-order valence-electron chi connectivity index (χ4n) is 1.80. The lowest BCUT2D eigenvalue weighted by atomic mass is 9.84. The van der Waals surface area contributed by atoms with E-state index in [0.717, 1.165) is 24.2 Å². The smallest absolute Gasteiger partial charge is 0.118 e. The molecule has 1 N–H and O–H groups in total. The molecule has 3 nitrogen and oxygen atoms in total. The molecule has 0 spiro atoms. The second-order valence-corrected chi connectivity index (χ2v) is 5.58. The van der Waals surface area contributed by atoms with Crippen LogP contribution in [0.25, 0.3) is 0 Å². The maximum absolute atomic E-state index is 10.0. The molecule has 0 saturated heterocycles. The van der Waals surface area contributed by atoms with Crippen molar-refractivity contribution in [1.29, 1.82) is 0 Å². The first-order chi connectivity index (χ1) is 9.49. The first kappa shape index (κ1) is 16.7. The third-order valence-corrected chi connectivity index (χ3v) is 3.58. The molecule has 112 valence electrons. The van der Waals surface area contributed by atoms with Crippen LogP contribution < -0.4 is 4.74 Å². The molecule has 0 aliphatic carbocycles. The predicted octanol–water partition coefficient (Wildman–Crippen LogP) is 3.57. The highest BCUT2D eigenvalue weighted by atomic mass is 16.5. The van der Waals surface area contributed by atoms with Crippen molar-refractivity contribution in [2.24, 2.45) is 5.41 Å². The number of methoxy groups -OCH3 is 1. The lowest BCUT2D eigenvalue weighted by molar-refractivity contribution is 0.0542. The molecule has 0 bridgehead atoms. The largest absolute Gasteiger partial charge is 0.497 e. The van der Waals surface area contributed by atoms with Gasteiger partial charge in [-0.05, 0) is 30.5 Å². The minimum atomic E-state index is -0.371. The highest BCUT2D eigenvalue weighted by molar-refractivity contribution is 5.26. The Hall–Kier alpha value is -1.32. The van der Waals surface area contributed by atoms with E-state index in [-0.39, 0.29) is 11.5 Å². The van der Waals surface area contributed by atoms with Gasteiger partial charge in [0.05, 0.1) is 19.8 Å². The van der Waals surface area contributed by atoms with Gasteiger partial charge in [-0.15, -0.1) is 6.58 Å². The second kappa shape index (κ2) is 8.08. The quantitative estimate of drug-likeness (QED) is 0.554. The average molecular weight is 278 g/mol. The number of aliphatic hydroxyl groups excluding tert-OH is 1. The summed E-state index contributed by atoms with van der Waals surface area (Å²) in [6, 6.07) is 7.84. The second-order valence-electron chi connectivity index (χ2n) is 5.58. The van der Waals surface area contributed by atoms with Crippen molar-refractivity contribution in [2.75, 3.05) is 13.7 Å². The van der Waals surface area contributed by atoms with Gasteiger partial charge in [0.15, 0.2) is 0 Å². The molecule has 0 amide bonds. The van der Waals surface area contributed by atoms with E-state index in [9.17, 15) is 5.11 Å². The van der Waals surface area contributed by atoms with Crippen LogP contribution in [0.15, 0.2) is 36.9 Å². The first-order valence-corrected chi connectivity index (χ1v) is 7.02. The molecule has 1 rings (SSSR count). The van der Waals surface area contributed by atoms with Crippen molar-refractivity contribution in [1.82, 2.24) is 0 Å². The summed E-state index contributed by atoms with van der Waals surface area (Å²) in [4.78, 5) is 0. The topological polar surface area (TPSA) is 38.7 Å². The van der Waals surface area contributed by atoms with E-state index in [1.165, 1.54) is 0 Å². The van der Waals surface area contributed by atoms with Crippen LogP contribution in [0.1, 0.15) is 32.3 Å². The summed E-state index contributed by atoms with van der Waals surface area (Å²) in [7, 11) is 1.65. The Morgan fingerprint density at radius 3 is 2.50 bits per heavy atom. The van der Waals surface area contributed by atoms with Crippen LogP contribution in [-0.4, -0.2) is 24.9 Å². The highest BCUT2D eigenvalue weighted by Crippen LogP contribution is 2.24. The van der Waals surface area contributed by atoms with Crippen LogP contribution in [-0.2, 0) is 11.3 Å². The molecule has 20 heavy (non-hydrogen) atoms. The van der Waals surface area contributed by atoms with Gasteiger partial charge in [0.1, 0.15) is 5.75 Å². The summed E-state index contributed by atoms with van der Waals surface area (Å²) in [6.45, 7) is 8.97. The van der Waals surface area contributed by atoms with E-state index in [0.29, 0.717) is 13.2 Å². The van der Waals surface area contributed by atoms with Crippen molar-refractivity contribution in [3.63, 3.8) is 0 Å². The minimum absolute atomic E-state index is 0.240. The van der Waals surface area contributed by atoms with Crippen LogP contribution in [0.2, 0.25) is 0 Å². The van der Waals surface area contributed by atoms with E-state index in [1.54, 1.807) is 13.2 Å². The van der Waals surface area contributed by atoms with Gasteiger partial charge in [0.2, 0.25) is 0 Å². The SMILES string of the molecule is C=CC(C)(C)C(O)CCCOCc1ccc(OC)cc1. The summed E-state index contributed by atoms with van der Waals surface area (Å²) in [5, 5.41) is 10.0. The van der Waals surface area contributed by atoms with E-state index in [1.807, 2.05) is 38.1 Å². The zero-order valence-corrected chi connectivity index (χ0v) is 12.8. The van der Waals surface area contributed by atoms with Gasteiger partial charge in [0, 0.05) is 12.0 Å². The number of benzene rings is 1. The summed E-state index contributed by atoms with van der Waals surface area (Å²) < 4.78 is 10.7. The van der Waals surface area contributed by atoms with Crippen molar-refractivity contribution in [3.8, 4) is 5.75 Å². The van der Waals surface area contributed by atoms with Crippen molar-refractivity contribution >= 4 is 0 Å². The Bertz CT molecular complexity index is 395. The Kier molecular flexibility index (Phi) is 6.76. The van der Waals surface area contributed by atoms with E-state index >= 15 is 0 Å². The lowest BCUT2D eigenvalue weighted by Gasteiger charge is -2.26. The molecule has 0 radical (unpaired) electrons. The fraction of sp³-hybridized carbons (Fsp3) is 0.529. The van der Waals surface area contributed by atoms with E-state index in [4.69, 9.17) is 9.47 Å². The Morgan fingerprint density at radius 1 is 1.30 bits per heavy atom. The molecular weight excluding hydrogens is 252 g/mol. The average Bonchev–Trinajstić information content (AvgIpc) is 2.47. The normalized spacial score (nSPS) is 13.0. The standard InChI is InChI=1S/C17H26O3/c1-5-17(2,3)16(18)7-6-12-20-13-14-8-10-15(19-4)11-9-14/h5,8-11,16,18H,1,6-7,12-13H2,2-4H3. The van der Waals surface area contributed by atoms with Gasteiger partial charge in [-0.1, -0.05) is 32.1 Å². The van der Waals surface area contributed by atoms with Gasteiger partial charge in [-0.2, -0.15) is 0 Å². The van der Waals surface area contributed by atoms with Gasteiger partial charge in [-0.25, -0.2) is 0 Å². The number of aliphatic hydroxyl groups is 1. The summed E-state index contributed by atoms with van der Waals surface area (Å²) in [5.41, 5.74) is 0.883. The van der Waals surface area contributed by atoms with Gasteiger partial charge in [-0.3, -0.25) is 0 Å². The maximum atomic E-state index is 10.0. The van der Waals surface area contributed by atoms with Crippen LogP contribution >= 0.6 is 0 Å². The molecular formula is C17H26O3. The number of ether oxygens (including phenoxy) is 2. The monoisotopic (exact) mass is 278 g/mol. The Labute approximate surface area is 122 Å². The maximum Gasteiger partial charge on any atom is 0.118 e. The molecule has 0 aromatic heterocycles. The molecule has 1 unspecified atom stereocenters. The van der Waals surface area contributed by atoms with Crippen LogP contribution in [0.4, 0.5) is 0 Å². The molecule has 0 aliphatic heterocycles. The lowest BCUT2D eigenvalue weighted by Crippen LogP contribution is -2.27. The Morgan fingerprint density at radius 2 is 1.95 bits per heavy atom. The minimum Gasteiger partial charge on any atom is -0.497 e. The predicted molar refractivity (Wildman–Crippen MR) is 81.9 cm³/mol. The summed E-state index contributed by atoms with van der Waals surface area (Å²) >= 11 is 0. The molecule has 0 saturated carbocycles. The van der Waals surface area contributed by atoms with Gasteiger partial charge >= 0.3 is 0 Å². The van der Waals surface area contributed by atoms with Crippen LogP contribution in [0, 0.1) is 5.41 Å². The number of hydrogen-bond donors (Lipinski definition) is 1. The van der Waals surface area contributed by atoms with Crippen LogP contribution in [0.3, 0.4) is 0 Å². The number of rotatable bonds is 9. The highest BCUT2D eigenvalue weighted by Gasteiger charge is 2.23. The Balaban J connectivity index is 2.20. The third kappa shape index (κ3) is 5.35. The third-order valence-electron chi connectivity index (χ3n) is 3.58. The molecule has 0 heterocycles. The zero-order valence-electron chi connectivity index (χ0n) is 12.8. The molecule has 1 aromatic rings. The molecule has 1 atom stereocenters. The molecule has 0 fully saturated rings. The van der Waals surface area contributed by atoms with Crippen LogP contribution in [0.5, 0.6) is 5.75 Å². The van der Waals surface area contributed by atoms with E-state index in [2.05, 4.69) is 6.58 Å². The van der Waals surface area contributed by atoms with Gasteiger partial charge < -0.3 is 14.6 Å². The molecule has 3 heteroatoms. The van der Waals surface area contributed by atoms with Crippen molar-refractivity contribution in [3.05, 3.63) is 42.5 Å².